The van der Waals surface area contributed by atoms with E-state index >= 15 is 0 Å². The van der Waals surface area contributed by atoms with Crippen molar-refractivity contribution in [2.24, 2.45) is 17.1 Å². The van der Waals surface area contributed by atoms with Gasteiger partial charge in [-0.2, -0.15) is 0 Å². The van der Waals surface area contributed by atoms with Crippen LogP contribution in [0.5, 0.6) is 0 Å². The lowest BCUT2D eigenvalue weighted by Gasteiger charge is -2.32. The van der Waals surface area contributed by atoms with E-state index in [0.29, 0.717) is 11.3 Å². The second-order valence-corrected chi connectivity index (χ2v) is 6.15. The monoisotopic (exact) mass is 214 g/mol. The van der Waals surface area contributed by atoms with Crippen LogP contribution in [0, 0.1) is 11.3 Å². The smallest absolute Gasteiger partial charge is 0.0252 e. The minimum absolute atomic E-state index is 0.0538. The molecule has 0 aromatic rings. The van der Waals surface area contributed by atoms with E-state index in [1.807, 2.05) is 0 Å². The number of rotatable bonds is 7. The lowest BCUT2D eigenvalue weighted by Crippen LogP contribution is -2.48. The third-order valence-electron chi connectivity index (χ3n) is 3.49. The largest absolute Gasteiger partial charge is 0.324 e. The molecule has 0 saturated carbocycles. The molecule has 0 aliphatic rings. The molecule has 0 aromatic carbocycles. The maximum absolute atomic E-state index is 6.17. The summed E-state index contributed by atoms with van der Waals surface area (Å²) in [6.45, 7) is 15.4. The van der Waals surface area contributed by atoms with Crippen LogP contribution in [0.1, 0.15) is 54.4 Å². The first-order chi connectivity index (χ1) is 6.71. The molecule has 0 amide bonds. The van der Waals surface area contributed by atoms with Gasteiger partial charge in [-0.25, -0.2) is 0 Å². The van der Waals surface area contributed by atoms with Gasteiger partial charge < -0.3 is 11.1 Å². The lowest BCUT2D eigenvalue weighted by molar-refractivity contribution is 0.229. The first-order valence-corrected chi connectivity index (χ1v) is 6.21. The van der Waals surface area contributed by atoms with Crippen molar-refractivity contribution in [3.8, 4) is 0 Å². The maximum atomic E-state index is 6.17. The molecule has 0 heterocycles. The highest BCUT2D eigenvalue weighted by Crippen LogP contribution is 2.24. The molecule has 2 nitrogen and oxygen atoms in total. The Bertz CT molecular complexity index is 171. The third kappa shape index (κ3) is 6.16. The Kier molecular flexibility index (Phi) is 5.82. The molecule has 1 unspecified atom stereocenters. The van der Waals surface area contributed by atoms with Crippen LogP contribution in [0.3, 0.4) is 0 Å². The van der Waals surface area contributed by atoms with Gasteiger partial charge in [-0.15, -0.1) is 0 Å². The summed E-state index contributed by atoms with van der Waals surface area (Å²) in [5, 5.41) is 3.51. The highest BCUT2D eigenvalue weighted by Gasteiger charge is 2.23. The molecule has 0 spiro atoms. The van der Waals surface area contributed by atoms with Crippen LogP contribution in [0.4, 0.5) is 0 Å². The molecule has 0 rings (SSSR count). The van der Waals surface area contributed by atoms with Gasteiger partial charge in [0.15, 0.2) is 0 Å². The van der Waals surface area contributed by atoms with Crippen LogP contribution in [-0.2, 0) is 0 Å². The molecule has 0 aromatic heterocycles. The predicted octanol–water partition coefficient (Wildman–Crippen LogP) is 2.78. The summed E-state index contributed by atoms with van der Waals surface area (Å²) in [4.78, 5) is 0. The van der Waals surface area contributed by atoms with E-state index < -0.39 is 0 Å². The van der Waals surface area contributed by atoms with Gasteiger partial charge in [0.05, 0.1) is 0 Å². The summed E-state index contributed by atoms with van der Waals surface area (Å²) in [5.41, 5.74) is 6.47. The van der Waals surface area contributed by atoms with Crippen molar-refractivity contribution in [2.75, 3.05) is 13.1 Å². The molecule has 3 N–H and O–H groups in total. The minimum atomic E-state index is -0.0538. The first-order valence-electron chi connectivity index (χ1n) is 6.21. The molecule has 2 heteroatoms. The predicted molar refractivity (Wildman–Crippen MR) is 69.0 cm³/mol. The molecule has 0 saturated heterocycles. The van der Waals surface area contributed by atoms with Crippen LogP contribution in [-0.4, -0.2) is 18.6 Å². The summed E-state index contributed by atoms with van der Waals surface area (Å²) in [6.07, 6.45) is 2.24. The molecule has 0 aliphatic heterocycles. The van der Waals surface area contributed by atoms with E-state index in [1.165, 1.54) is 0 Å². The second kappa shape index (κ2) is 5.86. The maximum Gasteiger partial charge on any atom is 0.0252 e. The molecular formula is C13H30N2. The van der Waals surface area contributed by atoms with E-state index in [-0.39, 0.29) is 5.54 Å². The first kappa shape index (κ1) is 14.9. The van der Waals surface area contributed by atoms with Gasteiger partial charge in [0.1, 0.15) is 0 Å². The Morgan fingerprint density at radius 3 is 2.07 bits per heavy atom. The van der Waals surface area contributed by atoms with Crippen molar-refractivity contribution in [1.82, 2.24) is 5.32 Å². The standard InChI is InChI=1S/C13H30N2/c1-7-8-13(6,14)10-15-9-12(4,5)11(2)3/h11,15H,7-10,14H2,1-6H3. The lowest BCUT2D eigenvalue weighted by atomic mass is 9.81. The summed E-state index contributed by atoms with van der Waals surface area (Å²) in [5.74, 6) is 0.695. The summed E-state index contributed by atoms with van der Waals surface area (Å²) in [6, 6.07) is 0. The molecular weight excluding hydrogens is 184 g/mol. The fourth-order valence-corrected chi connectivity index (χ4v) is 1.53. The normalized spacial score (nSPS) is 16.8. The number of hydrogen-bond acceptors (Lipinski definition) is 2. The molecule has 0 fully saturated rings. The Hall–Kier alpha value is -0.0800. The molecule has 0 radical (unpaired) electrons. The van der Waals surface area contributed by atoms with Crippen LogP contribution < -0.4 is 11.1 Å². The average molecular weight is 214 g/mol. The molecule has 1 atom stereocenters. The fourth-order valence-electron chi connectivity index (χ4n) is 1.53. The number of hydrogen-bond donors (Lipinski definition) is 2. The van der Waals surface area contributed by atoms with Gasteiger partial charge in [0, 0.05) is 18.6 Å². The molecule has 15 heavy (non-hydrogen) atoms. The van der Waals surface area contributed by atoms with Crippen LogP contribution in [0.2, 0.25) is 0 Å². The SMILES string of the molecule is CCCC(C)(N)CNCC(C)(C)C(C)C. The van der Waals surface area contributed by atoms with Crippen LogP contribution in [0.15, 0.2) is 0 Å². The van der Waals surface area contributed by atoms with E-state index in [0.717, 1.165) is 25.9 Å². The Morgan fingerprint density at radius 2 is 1.67 bits per heavy atom. The molecule has 92 valence electrons. The van der Waals surface area contributed by atoms with E-state index in [1.54, 1.807) is 0 Å². The third-order valence-corrected chi connectivity index (χ3v) is 3.49. The highest BCUT2D eigenvalue weighted by molar-refractivity contribution is 4.83. The minimum Gasteiger partial charge on any atom is -0.324 e. The number of nitrogens with one attached hydrogen (secondary N) is 1. The summed E-state index contributed by atoms with van der Waals surface area (Å²) >= 11 is 0. The van der Waals surface area contributed by atoms with Gasteiger partial charge in [-0.05, 0) is 24.7 Å². The second-order valence-electron chi connectivity index (χ2n) is 6.15. The van der Waals surface area contributed by atoms with Gasteiger partial charge in [0.25, 0.3) is 0 Å². The van der Waals surface area contributed by atoms with Gasteiger partial charge >= 0.3 is 0 Å². The van der Waals surface area contributed by atoms with Crippen LogP contribution >= 0.6 is 0 Å². The zero-order valence-corrected chi connectivity index (χ0v) is 11.5. The van der Waals surface area contributed by atoms with Crippen molar-refractivity contribution < 1.29 is 0 Å². The Morgan fingerprint density at radius 1 is 1.13 bits per heavy atom. The van der Waals surface area contributed by atoms with Crippen molar-refractivity contribution in [3.63, 3.8) is 0 Å². The fraction of sp³-hybridized carbons (Fsp3) is 1.00. The van der Waals surface area contributed by atoms with Gasteiger partial charge in [0.2, 0.25) is 0 Å². The van der Waals surface area contributed by atoms with Crippen LogP contribution in [0.25, 0.3) is 0 Å². The highest BCUT2D eigenvalue weighted by atomic mass is 14.9. The summed E-state index contributed by atoms with van der Waals surface area (Å²) < 4.78 is 0. The Labute approximate surface area is 96.0 Å². The summed E-state index contributed by atoms with van der Waals surface area (Å²) in [7, 11) is 0. The zero-order chi connectivity index (χ0) is 12.1. The van der Waals surface area contributed by atoms with Crippen molar-refractivity contribution in [2.45, 2.75) is 59.9 Å². The Balaban J connectivity index is 3.88. The zero-order valence-electron chi connectivity index (χ0n) is 11.5. The van der Waals surface area contributed by atoms with Crippen molar-refractivity contribution >= 4 is 0 Å². The van der Waals surface area contributed by atoms with Crippen molar-refractivity contribution in [1.29, 1.82) is 0 Å². The van der Waals surface area contributed by atoms with E-state index in [2.05, 4.69) is 46.9 Å². The van der Waals surface area contributed by atoms with E-state index in [4.69, 9.17) is 5.73 Å². The van der Waals surface area contributed by atoms with Crippen molar-refractivity contribution in [3.05, 3.63) is 0 Å². The molecule has 0 bridgehead atoms. The average Bonchev–Trinajstić information content (AvgIpc) is 2.02. The topological polar surface area (TPSA) is 38.0 Å². The molecule has 0 aliphatic carbocycles. The number of nitrogens with two attached hydrogens (primary N) is 1. The quantitative estimate of drug-likeness (QED) is 0.684. The van der Waals surface area contributed by atoms with Gasteiger partial charge in [-0.3, -0.25) is 0 Å². The van der Waals surface area contributed by atoms with E-state index in [9.17, 15) is 0 Å². The van der Waals surface area contributed by atoms with Gasteiger partial charge in [-0.1, -0.05) is 41.0 Å².